The van der Waals surface area contributed by atoms with E-state index in [1.54, 1.807) is 11.3 Å². The van der Waals surface area contributed by atoms with E-state index in [4.69, 9.17) is 0 Å². The molecule has 0 aliphatic heterocycles. The lowest BCUT2D eigenvalue weighted by Gasteiger charge is -2.13. The van der Waals surface area contributed by atoms with Gasteiger partial charge in [0.25, 0.3) is 0 Å². The minimum atomic E-state index is 0.415. The molecule has 0 bridgehead atoms. The molecule has 0 amide bonds. The van der Waals surface area contributed by atoms with Crippen molar-refractivity contribution >= 4 is 33.3 Å². The molecule has 2 aromatic rings. The van der Waals surface area contributed by atoms with Gasteiger partial charge in [0.05, 0.1) is 5.39 Å². The monoisotopic (exact) mass is 250 g/mol. The highest BCUT2D eigenvalue weighted by Crippen LogP contribution is 2.29. The van der Waals surface area contributed by atoms with Gasteiger partial charge in [-0.1, -0.05) is 6.92 Å². The van der Waals surface area contributed by atoms with Crippen molar-refractivity contribution in [1.29, 1.82) is 0 Å². The summed E-state index contributed by atoms with van der Waals surface area (Å²) in [6.07, 6.45) is 1.07. The van der Waals surface area contributed by atoms with Crippen molar-refractivity contribution < 1.29 is 0 Å². The fourth-order valence-corrected chi connectivity index (χ4v) is 2.48. The van der Waals surface area contributed by atoms with E-state index in [0.717, 1.165) is 22.5 Å². The summed E-state index contributed by atoms with van der Waals surface area (Å²) in [4.78, 5) is 11.3. The van der Waals surface area contributed by atoms with Crippen LogP contribution in [0.1, 0.15) is 25.1 Å². The Kier molecular flexibility index (Phi) is 3.47. The van der Waals surface area contributed by atoms with Gasteiger partial charge >= 0.3 is 0 Å². The van der Waals surface area contributed by atoms with Crippen LogP contribution in [-0.4, -0.2) is 23.1 Å². The number of hydrogen-bond donors (Lipinski definition) is 2. The fraction of sp³-hybridized carbons (Fsp3) is 0.500. The topological polar surface area (TPSA) is 49.8 Å². The van der Waals surface area contributed by atoms with Crippen LogP contribution in [0.15, 0.2) is 6.07 Å². The Balaban J connectivity index is 2.50. The second kappa shape index (κ2) is 4.87. The number of thiophene rings is 1. The van der Waals surface area contributed by atoms with Gasteiger partial charge in [0.2, 0.25) is 5.95 Å². The van der Waals surface area contributed by atoms with E-state index in [2.05, 4.69) is 47.4 Å². The average Bonchev–Trinajstić information content (AvgIpc) is 2.69. The number of rotatable bonds is 4. The third-order valence-electron chi connectivity index (χ3n) is 2.74. The van der Waals surface area contributed by atoms with Gasteiger partial charge in [-0.2, -0.15) is 4.98 Å². The summed E-state index contributed by atoms with van der Waals surface area (Å²) in [5.74, 6) is 1.60. The Morgan fingerprint density at radius 1 is 1.41 bits per heavy atom. The van der Waals surface area contributed by atoms with Gasteiger partial charge in [-0.15, -0.1) is 11.3 Å². The summed E-state index contributed by atoms with van der Waals surface area (Å²) >= 11 is 1.70. The van der Waals surface area contributed by atoms with Crippen molar-refractivity contribution in [3.05, 3.63) is 10.9 Å². The predicted octanol–water partition coefficient (Wildman–Crippen LogP) is 3.25. The number of aromatic nitrogens is 2. The zero-order chi connectivity index (χ0) is 12.4. The van der Waals surface area contributed by atoms with E-state index in [1.807, 2.05) is 7.05 Å². The first kappa shape index (κ1) is 12.1. The zero-order valence-corrected chi connectivity index (χ0v) is 11.5. The Labute approximate surface area is 105 Å². The standard InChI is InChI=1S/C12H18N4S/c1-5-7(2)14-10-9-6-8(3)17-11(9)16-12(13-4)15-10/h6-7H,5H2,1-4H3,(H2,13,14,15,16). The van der Waals surface area contributed by atoms with E-state index in [1.165, 1.54) is 4.88 Å². The van der Waals surface area contributed by atoms with Crippen molar-refractivity contribution in [3.63, 3.8) is 0 Å². The van der Waals surface area contributed by atoms with Crippen LogP contribution in [0, 0.1) is 6.92 Å². The van der Waals surface area contributed by atoms with Crippen molar-refractivity contribution in [2.75, 3.05) is 17.7 Å². The minimum absolute atomic E-state index is 0.415. The molecule has 2 N–H and O–H groups in total. The number of nitrogens with one attached hydrogen (secondary N) is 2. The highest BCUT2D eigenvalue weighted by molar-refractivity contribution is 7.18. The second-order valence-corrected chi connectivity index (χ2v) is 5.41. The lowest BCUT2D eigenvalue weighted by molar-refractivity contribution is 0.760. The summed E-state index contributed by atoms with van der Waals surface area (Å²) in [5, 5.41) is 7.56. The normalized spacial score (nSPS) is 12.7. The predicted molar refractivity (Wildman–Crippen MR) is 75.1 cm³/mol. The van der Waals surface area contributed by atoms with Crippen LogP contribution in [-0.2, 0) is 0 Å². The maximum Gasteiger partial charge on any atom is 0.225 e. The molecule has 1 atom stereocenters. The van der Waals surface area contributed by atoms with Crippen molar-refractivity contribution in [2.24, 2.45) is 0 Å². The third-order valence-corrected chi connectivity index (χ3v) is 3.68. The fourth-order valence-electron chi connectivity index (χ4n) is 1.60. The Hall–Kier alpha value is -1.36. The van der Waals surface area contributed by atoms with Gasteiger partial charge in [0.1, 0.15) is 10.6 Å². The first-order valence-electron chi connectivity index (χ1n) is 5.86. The lowest BCUT2D eigenvalue weighted by atomic mass is 10.2. The molecule has 17 heavy (non-hydrogen) atoms. The first-order chi connectivity index (χ1) is 8.13. The van der Waals surface area contributed by atoms with Crippen LogP contribution in [0.3, 0.4) is 0 Å². The SMILES string of the molecule is CCC(C)Nc1nc(NC)nc2sc(C)cc12. The summed E-state index contributed by atoms with van der Waals surface area (Å²) in [5.41, 5.74) is 0. The van der Waals surface area contributed by atoms with Crippen molar-refractivity contribution in [2.45, 2.75) is 33.2 Å². The largest absolute Gasteiger partial charge is 0.367 e. The average molecular weight is 250 g/mol. The quantitative estimate of drug-likeness (QED) is 0.874. The number of nitrogens with zero attached hydrogens (tertiary/aromatic N) is 2. The van der Waals surface area contributed by atoms with Crippen LogP contribution >= 0.6 is 11.3 Å². The Morgan fingerprint density at radius 2 is 2.18 bits per heavy atom. The Bertz CT molecular complexity index is 520. The van der Waals surface area contributed by atoms with E-state index in [9.17, 15) is 0 Å². The van der Waals surface area contributed by atoms with Gasteiger partial charge in [-0.25, -0.2) is 4.98 Å². The minimum Gasteiger partial charge on any atom is -0.367 e. The van der Waals surface area contributed by atoms with Crippen molar-refractivity contribution in [1.82, 2.24) is 9.97 Å². The van der Waals surface area contributed by atoms with Crippen LogP contribution in [0.5, 0.6) is 0 Å². The zero-order valence-electron chi connectivity index (χ0n) is 10.7. The van der Waals surface area contributed by atoms with Crippen LogP contribution < -0.4 is 10.6 Å². The molecule has 0 aliphatic rings. The molecular weight excluding hydrogens is 232 g/mol. The van der Waals surface area contributed by atoms with Gasteiger partial charge in [0, 0.05) is 18.0 Å². The second-order valence-electron chi connectivity index (χ2n) is 4.18. The van der Waals surface area contributed by atoms with E-state index in [-0.39, 0.29) is 0 Å². The molecular formula is C12H18N4S. The molecule has 2 heterocycles. The molecule has 4 nitrogen and oxygen atoms in total. The molecule has 2 aromatic heterocycles. The summed E-state index contributed by atoms with van der Waals surface area (Å²) in [6.45, 7) is 6.42. The summed E-state index contributed by atoms with van der Waals surface area (Å²) in [6, 6.07) is 2.56. The van der Waals surface area contributed by atoms with E-state index < -0.39 is 0 Å². The molecule has 5 heteroatoms. The van der Waals surface area contributed by atoms with Gasteiger partial charge < -0.3 is 10.6 Å². The number of anilines is 2. The number of fused-ring (bicyclic) bond motifs is 1. The van der Waals surface area contributed by atoms with E-state index >= 15 is 0 Å². The molecule has 1 unspecified atom stereocenters. The number of aryl methyl sites for hydroxylation is 1. The number of hydrogen-bond acceptors (Lipinski definition) is 5. The smallest absolute Gasteiger partial charge is 0.225 e. The summed E-state index contributed by atoms with van der Waals surface area (Å²) in [7, 11) is 1.84. The molecule has 0 saturated heterocycles. The molecule has 0 saturated carbocycles. The van der Waals surface area contributed by atoms with Gasteiger partial charge in [0.15, 0.2) is 0 Å². The molecule has 0 aromatic carbocycles. The van der Waals surface area contributed by atoms with Gasteiger partial charge in [-0.05, 0) is 26.3 Å². The molecule has 0 aliphatic carbocycles. The molecule has 2 rings (SSSR count). The van der Waals surface area contributed by atoms with Crippen LogP contribution in [0.25, 0.3) is 10.2 Å². The first-order valence-corrected chi connectivity index (χ1v) is 6.68. The third kappa shape index (κ3) is 2.49. The maximum absolute atomic E-state index is 4.49. The lowest BCUT2D eigenvalue weighted by Crippen LogP contribution is -2.15. The molecule has 0 fully saturated rings. The van der Waals surface area contributed by atoms with Crippen LogP contribution in [0.4, 0.5) is 11.8 Å². The highest BCUT2D eigenvalue weighted by Gasteiger charge is 2.11. The maximum atomic E-state index is 4.49. The van der Waals surface area contributed by atoms with Crippen LogP contribution in [0.2, 0.25) is 0 Å². The summed E-state index contributed by atoms with van der Waals surface area (Å²) < 4.78 is 0. The Morgan fingerprint density at radius 3 is 2.82 bits per heavy atom. The van der Waals surface area contributed by atoms with Gasteiger partial charge in [-0.3, -0.25) is 0 Å². The molecule has 0 spiro atoms. The molecule has 92 valence electrons. The van der Waals surface area contributed by atoms with E-state index in [0.29, 0.717) is 12.0 Å². The molecule has 0 radical (unpaired) electrons. The van der Waals surface area contributed by atoms with Crippen molar-refractivity contribution in [3.8, 4) is 0 Å². The highest BCUT2D eigenvalue weighted by atomic mass is 32.1.